The topological polar surface area (TPSA) is 206 Å². The third kappa shape index (κ3) is 24.5. The van der Waals surface area contributed by atoms with Crippen LogP contribution in [-0.2, 0) is 51.8 Å². The normalized spacial score (nSPS) is 19.2. The minimum absolute atomic E-state index is 0.170. The predicted octanol–water partition coefficient (Wildman–Crippen LogP) is 11.3. The van der Waals surface area contributed by atoms with E-state index in [0.29, 0.717) is 69.6 Å². The van der Waals surface area contributed by atoms with Gasteiger partial charge in [0.05, 0.1) is 56.1 Å². The first-order valence-electron chi connectivity index (χ1n) is 23.4. The van der Waals surface area contributed by atoms with E-state index in [-0.39, 0.29) is 25.7 Å². The van der Waals surface area contributed by atoms with E-state index in [1.165, 1.54) is 0 Å². The fourth-order valence-corrected chi connectivity index (χ4v) is 27.4. The highest BCUT2D eigenvalue weighted by Crippen LogP contribution is 2.60. The van der Waals surface area contributed by atoms with E-state index in [1.54, 1.807) is 6.55 Å². The molecule has 0 aromatic heterocycles. The average Bonchev–Trinajstić information content (AvgIpc) is 3.24. The quantitative estimate of drug-likeness (QED) is 0.0414. The van der Waals surface area contributed by atoms with Crippen molar-refractivity contribution >= 4 is 51.6 Å². The molecule has 370 valence electrons. The van der Waals surface area contributed by atoms with Gasteiger partial charge in [0, 0.05) is 82.6 Å². The molecule has 0 amide bonds. The zero-order valence-electron chi connectivity index (χ0n) is 42.2. The van der Waals surface area contributed by atoms with Crippen molar-refractivity contribution < 1.29 is 51.8 Å². The van der Waals surface area contributed by atoms with E-state index in [2.05, 4.69) is 24.3 Å². The van der Waals surface area contributed by atoms with Gasteiger partial charge in [0.1, 0.15) is 7.49 Å². The lowest BCUT2D eigenvalue weighted by molar-refractivity contribution is -0.0834. The van der Waals surface area contributed by atoms with Gasteiger partial charge in [-0.1, -0.05) is 48.5 Å². The molecule has 0 saturated heterocycles. The first kappa shape index (κ1) is 63.2. The van der Waals surface area contributed by atoms with E-state index in [1.807, 2.05) is 104 Å². The minimum Gasteiger partial charge on any atom is -0.349 e. The van der Waals surface area contributed by atoms with Gasteiger partial charge in [0.2, 0.25) is 0 Å². The largest absolute Gasteiger partial charge is 0.708 e. The smallest absolute Gasteiger partial charge is 0.349 e. The molecule has 0 rings (SSSR count). The Morgan fingerprint density at radius 2 is 0.703 bits per heavy atom. The highest BCUT2D eigenvalue weighted by atomic mass is 31.2. The van der Waals surface area contributed by atoms with Crippen LogP contribution in [-0.4, -0.2) is 110 Å². The summed E-state index contributed by atoms with van der Waals surface area (Å²) in [6.07, 6.45) is 3.02. The molecule has 0 spiro atoms. The average molecular weight is 1010 g/mol. The van der Waals surface area contributed by atoms with Gasteiger partial charge >= 0.3 is 35.9 Å². The van der Waals surface area contributed by atoms with E-state index in [9.17, 15) is 21.0 Å². The van der Waals surface area contributed by atoms with E-state index in [0.717, 1.165) is 0 Å². The van der Waals surface area contributed by atoms with E-state index in [4.69, 9.17) is 51.8 Å². The lowest BCUT2D eigenvalue weighted by Crippen LogP contribution is -2.70. The van der Waals surface area contributed by atoms with Crippen LogP contribution in [0.2, 0.25) is 6.55 Å². The van der Waals surface area contributed by atoms with Crippen LogP contribution in [0.1, 0.15) is 168 Å². The van der Waals surface area contributed by atoms with Crippen molar-refractivity contribution in [3.63, 3.8) is 0 Å². The predicted molar refractivity (Wildman–Crippen MR) is 260 cm³/mol. The van der Waals surface area contributed by atoms with Gasteiger partial charge in [-0.3, -0.25) is 0 Å². The Balaban J connectivity index is 9.05. The van der Waals surface area contributed by atoms with Crippen molar-refractivity contribution in [2.45, 2.75) is 217 Å². The van der Waals surface area contributed by atoms with Gasteiger partial charge in [-0.2, -0.15) is 25.3 Å². The number of nitriles is 4. The zero-order valence-corrected chi connectivity index (χ0v) is 48.0. The van der Waals surface area contributed by atoms with Crippen LogP contribution in [0.3, 0.4) is 0 Å². The second kappa shape index (κ2) is 32.9. The molecule has 0 heterocycles. The SMILES string of the molecule is CCC(C)O[Si](OC(C)CC)(OC(C)CC)O[Si](C)(O[Si](OC(C)CC)(OC(C)CC)OP(CCC#N)CCC#N)O[Si](OC(C)CC)(OC(C)CC)O[P+](C)(CCC#N)CCC#N. The Morgan fingerprint density at radius 3 is 1.00 bits per heavy atom. The van der Waals surface area contributed by atoms with E-state index >= 15 is 0 Å². The van der Waals surface area contributed by atoms with Crippen molar-refractivity contribution in [2.24, 2.45) is 0 Å². The molecule has 0 aromatic carbocycles. The molecule has 0 aliphatic rings. The Kier molecular flexibility index (Phi) is 32.5. The third-order valence-electron chi connectivity index (χ3n) is 10.3. The second-order valence-electron chi connectivity index (χ2n) is 16.5. The molecule has 0 saturated carbocycles. The Hall–Kier alpha value is -0.792. The molecule has 0 aliphatic heterocycles. The van der Waals surface area contributed by atoms with Gasteiger partial charge < -0.3 is 47.5 Å². The molecule has 0 bridgehead atoms. The molecule has 0 radical (unpaired) electrons. The second-order valence-corrected chi connectivity index (χ2v) is 32.1. The molecule has 8 atom stereocenters. The maximum atomic E-state index is 9.83. The summed E-state index contributed by atoms with van der Waals surface area (Å²) in [5.41, 5.74) is 0. The summed E-state index contributed by atoms with van der Waals surface area (Å²) in [5.74, 6) is 0. The van der Waals surface area contributed by atoms with E-state index < -0.39 is 94.3 Å². The van der Waals surface area contributed by atoms with Crippen molar-refractivity contribution in [1.29, 1.82) is 21.0 Å². The number of rotatable bonds is 39. The Labute approximate surface area is 395 Å². The summed E-state index contributed by atoms with van der Waals surface area (Å²) < 4.78 is 85.0. The fourth-order valence-electron chi connectivity index (χ4n) is 5.24. The van der Waals surface area contributed by atoms with Crippen LogP contribution in [0.15, 0.2) is 0 Å². The summed E-state index contributed by atoms with van der Waals surface area (Å²) in [5, 5.41) is 39.1. The van der Waals surface area contributed by atoms with Gasteiger partial charge in [-0.05, 0) is 93.4 Å². The van der Waals surface area contributed by atoms with Crippen LogP contribution in [0.25, 0.3) is 0 Å². The fraction of sp³-hybridized carbons (Fsp3) is 0.905. The highest BCUT2D eigenvalue weighted by Gasteiger charge is 2.70. The molecule has 0 N–H and O–H groups in total. The van der Waals surface area contributed by atoms with Crippen molar-refractivity contribution in [3.8, 4) is 24.3 Å². The molecule has 0 aliphatic carbocycles. The van der Waals surface area contributed by atoms with Crippen molar-refractivity contribution in [2.75, 3.05) is 31.3 Å². The molecule has 22 heteroatoms. The maximum absolute atomic E-state index is 9.83. The van der Waals surface area contributed by atoms with Crippen LogP contribution in [0.5, 0.6) is 0 Å². The first-order valence-corrected chi connectivity index (χ1v) is 34.7. The Morgan fingerprint density at radius 1 is 0.438 bits per heavy atom. The molecule has 0 aromatic rings. The molecular formula is C42H85N4O12P2Si4+. The molecular weight excluding hydrogens is 927 g/mol. The van der Waals surface area contributed by atoms with Crippen molar-refractivity contribution in [1.82, 2.24) is 0 Å². The number of nitrogens with zero attached hydrogens (tertiary/aromatic N) is 4. The monoisotopic (exact) mass is 1010 g/mol. The summed E-state index contributed by atoms with van der Waals surface area (Å²) in [7, 11) is -22.4. The Bertz CT molecular complexity index is 1370. The molecule has 16 nitrogen and oxygen atoms in total. The number of hydrogen-bond acceptors (Lipinski definition) is 16. The summed E-state index contributed by atoms with van der Waals surface area (Å²) in [6.45, 7) is 30.9. The molecule has 8 unspecified atom stereocenters. The van der Waals surface area contributed by atoms with Gasteiger partial charge in [-0.15, -0.1) is 0 Å². The maximum Gasteiger partial charge on any atom is 0.708 e. The standard InChI is InChI=1S/C42H85N4O12P2Si4/c1-17-36(8)47-62(48-37(9)18-2,49-38(10)19-3)56-61(16,57-63(50-39(11)20-4,51-40(12)21-5)54-59(32-24-28-43)33-25-29-44)58-64(52-41(13)22-6,53-42(14)23-7)55-60(15,34-26-30-45)35-27-31-46/h36-42H,17-27,32-35H2,1-16H3/q+1. The van der Waals surface area contributed by atoms with Crippen LogP contribution in [0, 0.1) is 45.3 Å². The molecule has 0 fully saturated rings. The zero-order chi connectivity index (χ0) is 49.0. The third-order valence-corrected chi connectivity index (χ3v) is 30.9. The van der Waals surface area contributed by atoms with Gasteiger partial charge in [0.25, 0.3) is 0 Å². The van der Waals surface area contributed by atoms with Gasteiger partial charge in [0.15, 0.2) is 0 Å². The summed E-state index contributed by atoms with van der Waals surface area (Å²) in [4.78, 5) is 0. The lowest BCUT2D eigenvalue weighted by atomic mass is 10.3. The van der Waals surface area contributed by atoms with Crippen LogP contribution >= 0.6 is 15.6 Å². The van der Waals surface area contributed by atoms with Crippen molar-refractivity contribution in [3.05, 3.63) is 0 Å². The van der Waals surface area contributed by atoms with Gasteiger partial charge in [-0.25, -0.2) is 0 Å². The summed E-state index contributed by atoms with van der Waals surface area (Å²) in [6, 6.07) is 8.96. The number of hydrogen-bond donors (Lipinski definition) is 0. The first-order chi connectivity index (χ1) is 30.1. The minimum atomic E-state index is -4.68. The van der Waals surface area contributed by atoms with Crippen LogP contribution in [0.4, 0.5) is 0 Å². The lowest BCUT2D eigenvalue weighted by Gasteiger charge is -2.45. The molecule has 64 heavy (non-hydrogen) atoms. The summed E-state index contributed by atoms with van der Waals surface area (Å²) >= 11 is 0. The highest BCUT2D eigenvalue weighted by molar-refractivity contribution is 7.71. The van der Waals surface area contributed by atoms with Crippen LogP contribution < -0.4 is 0 Å².